The van der Waals surface area contributed by atoms with Crippen molar-refractivity contribution in [3.63, 3.8) is 0 Å². The molecule has 1 saturated heterocycles. The average molecular weight is 296 g/mol. The third-order valence-corrected chi connectivity index (χ3v) is 5.70. The van der Waals surface area contributed by atoms with Gasteiger partial charge in [-0.1, -0.05) is 0 Å². The van der Waals surface area contributed by atoms with Crippen LogP contribution in [0.1, 0.15) is 33.0 Å². The van der Waals surface area contributed by atoms with Crippen LogP contribution in [0.2, 0.25) is 0 Å². The number of carbonyl (C=O) groups is 2. The van der Waals surface area contributed by atoms with Crippen molar-refractivity contribution < 1.29 is 9.59 Å². The van der Waals surface area contributed by atoms with Crippen LogP contribution in [0.5, 0.6) is 0 Å². The molecule has 0 saturated carbocycles. The molecule has 0 aromatic carbocycles. The number of thiophene rings is 1. The second-order valence-corrected chi connectivity index (χ2v) is 7.12. The Hall–Kier alpha value is -1.01. The predicted molar refractivity (Wildman–Crippen MR) is 77.7 cm³/mol. The van der Waals surface area contributed by atoms with Crippen molar-refractivity contribution in [2.75, 3.05) is 12.3 Å². The quantitative estimate of drug-likeness (QED) is 0.870. The van der Waals surface area contributed by atoms with E-state index in [1.54, 1.807) is 11.3 Å². The van der Waals surface area contributed by atoms with E-state index in [4.69, 9.17) is 0 Å². The fraction of sp³-hybridized carbons (Fsp3) is 0.538. The molecule has 1 fully saturated rings. The lowest BCUT2D eigenvalue weighted by atomic mass is 10.1. The Balaban J connectivity index is 1.63. The maximum absolute atomic E-state index is 12.2. The fourth-order valence-corrected chi connectivity index (χ4v) is 4.65. The highest BCUT2D eigenvalue weighted by Crippen LogP contribution is 2.31. The van der Waals surface area contributed by atoms with Gasteiger partial charge in [0.2, 0.25) is 5.91 Å². The summed E-state index contributed by atoms with van der Waals surface area (Å²) >= 11 is 3.55. The van der Waals surface area contributed by atoms with Crippen LogP contribution in [0.25, 0.3) is 0 Å². The molecule has 102 valence electrons. The molecule has 2 aliphatic heterocycles. The second-order valence-electron chi connectivity index (χ2n) is 4.87. The number of carbonyl (C=O) groups excluding carboxylic acids is 2. The number of fused-ring (bicyclic) bond motifs is 1. The van der Waals surface area contributed by atoms with E-state index in [1.165, 1.54) is 10.4 Å². The summed E-state index contributed by atoms with van der Waals surface area (Å²) in [6, 6.07) is 2.10. The number of hydrogen-bond donors (Lipinski definition) is 2. The SMILES string of the molecule is O=C1CCC(NC(=O)c2cc3c(s2)CCSC3)CN1. The van der Waals surface area contributed by atoms with Gasteiger partial charge in [0.15, 0.2) is 0 Å². The summed E-state index contributed by atoms with van der Waals surface area (Å²) in [6.07, 6.45) is 2.32. The summed E-state index contributed by atoms with van der Waals surface area (Å²) in [7, 11) is 0. The number of hydrogen-bond acceptors (Lipinski definition) is 4. The van der Waals surface area contributed by atoms with Gasteiger partial charge in [0, 0.05) is 29.6 Å². The number of piperidine rings is 1. The van der Waals surface area contributed by atoms with E-state index >= 15 is 0 Å². The minimum atomic E-state index is 0.00514. The van der Waals surface area contributed by atoms with Crippen LogP contribution in [0, 0.1) is 0 Å². The van der Waals surface area contributed by atoms with E-state index in [9.17, 15) is 9.59 Å². The Morgan fingerprint density at radius 2 is 2.32 bits per heavy atom. The van der Waals surface area contributed by atoms with Crippen molar-refractivity contribution >= 4 is 34.9 Å². The van der Waals surface area contributed by atoms with Crippen molar-refractivity contribution in [1.29, 1.82) is 0 Å². The Bertz CT molecular complexity index is 479. The van der Waals surface area contributed by atoms with Crippen molar-refractivity contribution in [3.8, 4) is 0 Å². The third kappa shape index (κ3) is 2.95. The number of nitrogens with one attached hydrogen (secondary N) is 2. The van der Waals surface area contributed by atoms with Gasteiger partial charge in [-0.25, -0.2) is 0 Å². The van der Waals surface area contributed by atoms with Gasteiger partial charge in [0.1, 0.15) is 0 Å². The Morgan fingerprint density at radius 3 is 3.05 bits per heavy atom. The van der Waals surface area contributed by atoms with Gasteiger partial charge in [0.25, 0.3) is 5.91 Å². The molecule has 1 unspecified atom stereocenters. The lowest BCUT2D eigenvalue weighted by molar-refractivity contribution is -0.122. The highest BCUT2D eigenvalue weighted by Gasteiger charge is 2.22. The molecular formula is C13H16N2O2S2. The molecule has 2 aliphatic rings. The van der Waals surface area contributed by atoms with Gasteiger partial charge in [-0.3, -0.25) is 9.59 Å². The van der Waals surface area contributed by atoms with Gasteiger partial charge in [0.05, 0.1) is 4.88 Å². The van der Waals surface area contributed by atoms with E-state index in [-0.39, 0.29) is 17.9 Å². The molecule has 1 aromatic heterocycles. The molecule has 3 heterocycles. The van der Waals surface area contributed by atoms with Crippen molar-refractivity contribution in [2.24, 2.45) is 0 Å². The standard InChI is InChI=1S/C13H16N2O2S2/c16-12-2-1-9(6-14-12)15-13(17)11-5-8-7-18-4-3-10(8)19-11/h5,9H,1-4,6-7H2,(H,14,16)(H,15,17). The first-order valence-corrected chi connectivity index (χ1v) is 8.46. The summed E-state index contributed by atoms with van der Waals surface area (Å²) < 4.78 is 0. The van der Waals surface area contributed by atoms with Crippen LogP contribution in [-0.2, 0) is 17.0 Å². The molecule has 6 heteroatoms. The van der Waals surface area contributed by atoms with Gasteiger partial charge < -0.3 is 10.6 Å². The largest absolute Gasteiger partial charge is 0.354 e. The highest BCUT2D eigenvalue weighted by molar-refractivity contribution is 7.98. The maximum Gasteiger partial charge on any atom is 0.261 e. The van der Waals surface area contributed by atoms with Gasteiger partial charge in [-0.05, 0) is 30.2 Å². The van der Waals surface area contributed by atoms with E-state index in [0.717, 1.165) is 29.2 Å². The first-order chi connectivity index (χ1) is 9.22. The summed E-state index contributed by atoms with van der Waals surface area (Å²) in [6.45, 7) is 0.547. The number of rotatable bonds is 2. The topological polar surface area (TPSA) is 58.2 Å². The first-order valence-electron chi connectivity index (χ1n) is 6.49. The molecule has 4 nitrogen and oxygen atoms in total. The molecule has 1 aromatic rings. The minimum Gasteiger partial charge on any atom is -0.354 e. The Morgan fingerprint density at radius 1 is 1.42 bits per heavy atom. The van der Waals surface area contributed by atoms with E-state index < -0.39 is 0 Å². The van der Waals surface area contributed by atoms with Crippen molar-refractivity contribution in [3.05, 3.63) is 21.4 Å². The zero-order valence-electron chi connectivity index (χ0n) is 10.5. The average Bonchev–Trinajstić information content (AvgIpc) is 2.85. The number of thioether (sulfide) groups is 1. The van der Waals surface area contributed by atoms with E-state index in [0.29, 0.717) is 13.0 Å². The first kappa shape index (κ1) is 13.0. The minimum absolute atomic E-state index is 0.00514. The van der Waals surface area contributed by atoms with Crippen LogP contribution in [0.15, 0.2) is 6.07 Å². The molecule has 0 bridgehead atoms. The van der Waals surface area contributed by atoms with Crippen LogP contribution in [0.4, 0.5) is 0 Å². The zero-order chi connectivity index (χ0) is 13.2. The predicted octanol–water partition coefficient (Wildman–Crippen LogP) is 1.55. The molecule has 2 N–H and O–H groups in total. The van der Waals surface area contributed by atoms with Crippen LogP contribution >= 0.6 is 23.1 Å². The summed E-state index contributed by atoms with van der Waals surface area (Å²) in [4.78, 5) is 25.4. The number of amides is 2. The zero-order valence-corrected chi connectivity index (χ0v) is 12.2. The third-order valence-electron chi connectivity index (χ3n) is 3.45. The molecule has 0 radical (unpaired) electrons. The lowest BCUT2D eigenvalue weighted by Gasteiger charge is -2.23. The van der Waals surface area contributed by atoms with Crippen LogP contribution in [-0.4, -0.2) is 30.2 Å². The molecular weight excluding hydrogens is 280 g/mol. The van der Waals surface area contributed by atoms with Crippen LogP contribution < -0.4 is 10.6 Å². The molecule has 1 atom stereocenters. The summed E-state index contributed by atoms with van der Waals surface area (Å²) in [5.74, 6) is 2.27. The summed E-state index contributed by atoms with van der Waals surface area (Å²) in [5, 5.41) is 5.80. The van der Waals surface area contributed by atoms with Crippen LogP contribution in [0.3, 0.4) is 0 Å². The van der Waals surface area contributed by atoms with Gasteiger partial charge in [-0.15, -0.1) is 11.3 Å². The van der Waals surface area contributed by atoms with E-state index in [1.807, 2.05) is 17.8 Å². The molecule has 2 amide bonds. The Labute approximate surface area is 120 Å². The van der Waals surface area contributed by atoms with Crippen molar-refractivity contribution in [2.45, 2.75) is 31.1 Å². The van der Waals surface area contributed by atoms with E-state index in [2.05, 4.69) is 10.6 Å². The molecule has 0 spiro atoms. The fourth-order valence-electron chi connectivity index (χ4n) is 2.37. The molecule has 3 rings (SSSR count). The maximum atomic E-state index is 12.2. The summed E-state index contributed by atoms with van der Waals surface area (Å²) in [5.41, 5.74) is 1.32. The lowest BCUT2D eigenvalue weighted by Crippen LogP contribution is -2.47. The Kier molecular flexibility index (Phi) is 3.79. The normalized spacial score (nSPS) is 22.5. The smallest absolute Gasteiger partial charge is 0.261 e. The second kappa shape index (κ2) is 5.54. The molecule has 19 heavy (non-hydrogen) atoms. The van der Waals surface area contributed by atoms with Crippen molar-refractivity contribution in [1.82, 2.24) is 10.6 Å². The number of aryl methyl sites for hydroxylation is 1. The molecule has 0 aliphatic carbocycles. The van der Waals surface area contributed by atoms with Gasteiger partial charge in [-0.2, -0.15) is 11.8 Å². The van der Waals surface area contributed by atoms with Gasteiger partial charge >= 0.3 is 0 Å². The highest BCUT2D eigenvalue weighted by atomic mass is 32.2. The monoisotopic (exact) mass is 296 g/mol.